The predicted molar refractivity (Wildman–Crippen MR) is 129 cm³/mol. The largest absolute Gasteiger partial charge is 0.339 e. The molecule has 0 aliphatic carbocycles. The Morgan fingerprint density at radius 2 is 1.88 bits per heavy atom. The van der Waals surface area contributed by atoms with Crippen molar-refractivity contribution in [3.63, 3.8) is 0 Å². The number of benzene rings is 2. The number of nitrogens with one attached hydrogen (secondary N) is 3. The number of anilines is 5. The summed E-state index contributed by atoms with van der Waals surface area (Å²) >= 11 is 7.48. The first-order valence-corrected chi connectivity index (χ1v) is 12.6. The topological polar surface area (TPSA) is 96.0 Å². The van der Waals surface area contributed by atoms with Gasteiger partial charge < -0.3 is 10.6 Å². The van der Waals surface area contributed by atoms with Crippen molar-refractivity contribution in [3.05, 3.63) is 82.3 Å². The van der Waals surface area contributed by atoms with Crippen LogP contribution in [0.2, 0.25) is 5.02 Å². The van der Waals surface area contributed by atoms with Crippen molar-refractivity contribution in [2.45, 2.75) is 17.1 Å². The van der Waals surface area contributed by atoms with Gasteiger partial charge in [0.1, 0.15) is 9.23 Å². The molecular formula is C22H18ClN5O2S2. The minimum atomic E-state index is -3.66. The molecule has 0 unspecified atom stereocenters. The zero-order chi connectivity index (χ0) is 22.1. The molecule has 0 fully saturated rings. The average Bonchev–Trinajstić information content (AvgIpc) is 3.32. The Morgan fingerprint density at radius 1 is 1.00 bits per heavy atom. The second-order valence-corrected chi connectivity index (χ2v) is 10.5. The Labute approximate surface area is 194 Å². The summed E-state index contributed by atoms with van der Waals surface area (Å²) in [7, 11) is -3.66. The van der Waals surface area contributed by atoms with Crippen molar-refractivity contribution >= 4 is 61.8 Å². The van der Waals surface area contributed by atoms with Gasteiger partial charge in [0, 0.05) is 11.4 Å². The quantitative estimate of drug-likeness (QED) is 0.352. The lowest BCUT2D eigenvalue weighted by atomic mass is 10.0. The molecule has 7 nitrogen and oxygen atoms in total. The first-order valence-electron chi connectivity index (χ1n) is 9.81. The van der Waals surface area contributed by atoms with E-state index in [1.54, 1.807) is 29.6 Å². The summed E-state index contributed by atoms with van der Waals surface area (Å²) in [5, 5.41) is 8.54. The highest BCUT2D eigenvalue weighted by molar-refractivity contribution is 7.94. The van der Waals surface area contributed by atoms with Crippen molar-refractivity contribution < 1.29 is 8.42 Å². The SMILES string of the molecule is O=S(=O)(Nc1ccc2cc1CCc1cccc(c1)Nc1ncc(Cl)c(n1)N2)c1cccs1. The number of rotatable bonds is 3. The van der Waals surface area contributed by atoms with Crippen LogP contribution in [0.5, 0.6) is 0 Å². The summed E-state index contributed by atoms with van der Waals surface area (Å²) in [6.07, 6.45) is 2.90. The van der Waals surface area contributed by atoms with Gasteiger partial charge in [0.05, 0.1) is 11.9 Å². The molecule has 6 bridgehead atoms. The highest BCUT2D eigenvalue weighted by Gasteiger charge is 2.18. The van der Waals surface area contributed by atoms with Gasteiger partial charge in [-0.05, 0) is 65.7 Å². The molecule has 4 aromatic rings. The summed E-state index contributed by atoms with van der Waals surface area (Å²) in [5.74, 6) is 0.881. The second-order valence-electron chi connectivity index (χ2n) is 7.25. The lowest BCUT2D eigenvalue weighted by molar-refractivity contribution is 0.603. The Morgan fingerprint density at radius 3 is 2.72 bits per heavy atom. The third-order valence-corrected chi connectivity index (χ3v) is 8.02. The van der Waals surface area contributed by atoms with Crippen LogP contribution < -0.4 is 15.4 Å². The maximum Gasteiger partial charge on any atom is 0.271 e. The van der Waals surface area contributed by atoms with Crippen LogP contribution in [0.25, 0.3) is 0 Å². The van der Waals surface area contributed by atoms with Crippen LogP contribution in [0.1, 0.15) is 11.1 Å². The molecule has 1 aliphatic heterocycles. The van der Waals surface area contributed by atoms with E-state index in [-0.39, 0.29) is 4.21 Å². The first kappa shape index (κ1) is 20.7. The lowest BCUT2D eigenvalue weighted by Gasteiger charge is -2.15. The number of sulfonamides is 1. The van der Waals surface area contributed by atoms with Gasteiger partial charge in [-0.15, -0.1) is 11.3 Å². The van der Waals surface area contributed by atoms with Crippen LogP contribution >= 0.6 is 22.9 Å². The van der Waals surface area contributed by atoms with Gasteiger partial charge in [0.15, 0.2) is 5.82 Å². The third-order valence-electron chi connectivity index (χ3n) is 4.98. The van der Waals surface area contributed by atoms with Crippen LogP contribution in [0, 0.1) is 0 Å². The maximum atomic E-state index is 12.8. The Balaban J connectivity index is 1.57. The number of nitrogens with zero attached hydrogens (tertiary/aromatic N) is 2. The molecule has 0 saturated heterocycles. The molecule has 3 heterocycles. The fourth-order valence-corrected chi connectivity index (χ4v) is 5.69. The van der Waals surface area contributed by atoms with Gasteiger partial charge in [-0.1, -0.05) is 29.8 Å². The number of halogens is 1. The molecule has 2 aromatic carbocycles. The average molecular weight is 484 g/mol. The maximum absolute atomic E-state index is 12.8. The third kappa shape index (κ3) is 4.40. The molecule has 32 heavy (non-hydrogen) atoms. The number of fused-ring (bicyclic) bond motifs is 6. The fraction of sp³-hybridized carbons (Fsp3) is 0.0909. The van der Waals surface area contributed by atoms with Crippen molar-refractivity contribution in [1.82, 2.24) is 9.97 Å². The number of thiophene rings is 1. The summed E-state index contributed by atoms with van der Waals surface area (Å²) in [6, 6.07) is 16.7. The number of aryl methyl sites for hydroxylation is 2. The molecule has 0 radical (unpaired) electrons. The molecule has 0 amide bonds. The summed E-state index contributed by atoms with van der Waals surface area (Å²) in [4.78, 5) is 8.74. The van der Waals surface area contributed by atoms with Gasteiger partial charge in [-0.2, -0.15) is 4.98 Å². The molecule has 3 N–H and O–H groups in total. The molecule has 0 atom stereocenters. The van der Waals surface area contributed by atoms with Crippen molar-refractivity contribution in [1.29, 1.82) is 0 Å². The molecule has 2 aromatic heterocycles. The standard InChI is InChI=1S/C22H18ClN5O2S2/c23-18-13-24-22-26-16-4-1-3-14(11-16)6-7-15-12-17(25-21(18)27-22)8-9-19(15)28-32(29,30)20-5-2-10-31-20/h1-5,8-13,28H,6-7H2,(H2,24,25,26,27). The monoisotopic (exact) mass is 483 g/mol. The van der Waals surface area contributed by atoms with Crippen molar-refractivity contribution in [2.75, 3.05) is 15.4 Å². The Hall–Kier alpha value is -3.14. The normalized spacial score (nSPS) is 13.0. The van der Waals surface area contributed by atoms with Gasteiger partial charge in [-0.25, -0.2) is 13.4 Å². The van der Waals surface area contributed by atoms with E-state index in [9.17, 15) is 8.42 Å². The van der Waals surface area contributed by atoms with Crippen LogP contribution in [-0.2, 0) is 22.9 Å². The molecular weight excluding hydrogens is 466 g/mol. The van der Waals surface area contributed by atoms with Gasteiger partial charge in [0.25, 0.3) is 10.0 Å². The van der Waals surface area contributed by atoms with Gasteiger partial charge in [0.2, 0.25) is 5.95 Å². The van der Waals surface area contributed by atoms with Crippen LogP contribution in [0.4, 0.5) is 28.8 Å². The lowest BCUT2D eigenvalue weighted by Crippen LogP contribution is -2.13. The van der Waals surface area contributed by atoms with E-state index in [1.165, 1.54) is 17.5 Å². The molecule has 0 saturated carbocycles. The fourth-order valence-electron chi connectivity index (χ4n) is 3.45. The highest BCUT2D eigenvalue weighted by Crippen LogP contribution is 2.30. The molecule has 5 rings (SSSR count). The number of aromatic nitrogens is 2. The summed E-state index contributed by atoms with van der Waals surface area (Å²) < 4.78 is 28.6. The second kappa shape index (κ2) is 8.42. The summed E-state index contributed by atoms with van der Waals surface area (Å²) in [6.45, 7) is 0. The minimum absolute atomic E-state index is 0.274. The molecule has 10 heteroatoms. The molecule has 0 spiro atoms. The first-order chi connectivity index (χ1) is 15.5. The van der Waals surface area contributed by atoms with E-state index in [2.05, 4.69) is 25.3 Å². The Kier molecular flexibility index (Phi) is 5.46. The molecule has 162 valence electrons. The number of hydrogen-bond acceptors (Lipinski definition) is 7. The smallest absolute Gasteiger partial charge is 0.271 e. The minimum Gasteiger partial charge on any atom is -0.339 e. The van der Waals surface area contributed by atoms with E-state index in [4.69, 9.17) is 11.6 Å². The highest BCUT2D eigenvalue weighted by atomic mass is 35.5. The Bertz CT molecular complexity index is 1390. The van der Waals surface area contributed by atoms with E-state index in [0.29, 0.717) is 28.9 Å². The number of hydrogen-bond donors (Lipinski definition) is 3. The van der Waals surface area contributed by atoms with Crippen molar-refractivity contribution in [2.24, 2.45) is 0 Å². The van der Waals surface area contributed by atoms with Crippen molar-refractivity contribution in [3.8, 4) is 0 Å². The zero-order valence-corrected chi connectivity index (χ0v) is 19.1. The van der Waals surface area contributed by atoms with Gasteiger partial charge in [-0.3, -0.25) is 4.72 Å². The predicted octanol–water partition coefficient (Wildman–Crippen LogP) is 5.58. The van der Waals surface area contributed by atoms with Crippen LogP contribution in [0.15, 0.2) is 70.4 Å². The van der Waals surface area contributed by atoms with E-state index < -0.39 is 10.0 Å². The zero-order valence-electron chi connectivity index (χ0n) is 16.7. The van der Waals surface area contributed by atoms with E-state index >= 15 is 0 Å². The summed E-state index contributed by atoms with van der Waals surface area (Å²) in [5.41, 5.74) is 4.12. The van der Waals surface area contributed by atoms with Crippen LogP contribution in [0.3, 0.4) is 0 Å². The van der Waals surface area contributed by atoms with Crippen LogP contribution in [-0.4, -0.2) is 18.4 Å². The van der Waals surface area contributed by atoms with Gasteiger partial charge >= 0.3 is 0 Å². The van der Waals surface area contributed by atoms with E-state index in [1.807, 2.05) is 30.3 Å². The molecule has 1 aliphatic rings. The van der Waals surface area contributed by atoms with E-state index in [0.717, 1.165) is 28.9 Å².